The summed E-state index contributed by atoms with van der Waals surface area (Å²) in [5.41, 5.74) is 12.8. The molecule has 0 radical (unpaired) electrons. The maximum Gasteiger partial charge on any atom is 0.134 e. The Hall–Kier alpha value is -3.78. The zero-order valence-electron chi connectivity index (χ0n) is 17.2. The predicted octanol–water partition coefficient (Wildman–Crippen LogP) is 3.03. The molecule has 8 heteroatoms. The number of aryl methyl sites for hydroxylation is 1. The van der Waals surface area contributed by atoms with Gasteiger partial charge in [-0.15, -0.1) is 0 Å². The Kier molecular flexibility index (Phi) is 4.83. The van der Waals surface area contributed by atoms with Gasteiger partial charge in [0, 0.05) is 35.9 Å². The van der Waals surface area contributed by atoms with Gasteiger partial charge in [0.1, 0.15) is 18.5 Å². The van der Waals surface area contributed by atoms with Crippen molar-refractivity contribution < 1.29 is 4.74 Å². The number of nitrogens with one attached hydrogen (secondary N) is 1. The van der Waals surface area contributed by atoms with Crippen LogP contribution in [0.5, 0.6) is 0 Å². The summed E-state index contributed by atoms with van der Waals surface area (Å²) in [4.78, 5) is 15.5. The fraction of sp³-hybridized carbons (Fsp3) is 0.217. The molecular weight excluding hydrogens is 390 g/mol. The number of rotatable bonds is 4. The summed E-state index contributed by atoms with van der Waals surface area (Å²) in [7, 11) is 0. The Morgan fingerprint density at radius 2 is 2.03 bits per heavy atom. The van der Waals surface area contributed by atoms with Crippen LogP contribution in [0.3, 0.4) is 0 Å². The number of nitrogens with zero attached hydrogens (tertiary/aromatic N) is 5. The molecule has 8 nitrogen and oxygen atoms in total. The van der Waals surface area contributed by atoms with E-state index in [9.17, 15) is 0 Å². The van der Waals surface area contributed by atoms with E-state index in [1.807, 2.05) is 36.8 Å². The topological polar surface area (TPSA) is 105 Å². The van der Waals surface area contributed by atoms with Gasteiger partial charge >= 0.3 is 0 Å². The van der Waals surface area contributed by atoms with Crippen LogP contribution in [-0.2, 0) is 4.74 Å². The van der Waals surface area contributed by atoms with Crippen LogP contribution in [0.2, 0.25) is 0 Å². The lowest BCUT2D eigenvalue weighted by atomic mass is 10.1. The number of hydrogen-bond donors (Lipinski definition) is 2. The van der Waals surface area contributed by atoms with Crippen LogP contribution in [0.1, 0.15) is 11.1 Å². The first kappa shape index (κ1) is 19.2. The second kappa shape index (κ2) is 7.81. The van der Waals surface area contributed by atoms with Crippen LogP contribution in [0.25, 0.3) is 27.6 Å². The number of nitrogens with two attached hydrogens (primary N) is 1. The average molecular weight is 413 g/mol. The van der Waals surface area contributed by atoms with E-state index in [4.69, 9.17) is 15.9 Å². The summed E-state index contributed by atoms with van der Waals surface area (Å²) in [5.74, 6) is 0.274. The summed E-state index contributed by atoms with van der Waals surface area (Å²) in [6.07, 6.45) is 4.59. The van der Waals surface area contributed by atoms with Gasteiger partial charge in [0.2, 0.25) is 0 Å². The number of hydrogen-bond acceptors (Lipinski definition) is 5. The van der Waals surface area contributed by atoms with Crippen molar-refractivity contribution in [2.45, 2.75) is 6.92 Å². The molecule has 0 amide bonds. The highest BCUT2D eigenvalue weighted by molar-refractivity contribution is 6.10. The highest BCUT2D eigenvalue weighted by atomic mass is 16.5. The Morgan fingerprint density at radius 3 is 2.84 bits per heavy atom. The van der Waals surface area contributed by atoms with Crippen molar-refractivity contribution in [3.63, 3.8) is 0 Å². The molecule has 2 aromatic heterocycles. The summed E-state index contributed by atoms with van der Waals surface area (Å²) >= 11 is 0. The lowest BCUT2D eigenvalue weighted by Crippen LogP contribution is -2.36. The minimum absolute atomic E-state index is 0.274. The zero-order chi connectivity index (χ0) is 21.4. The lowest BCUT2D eigenvalue weighted by Gasteiger charge is -2.29. The SMILES string of the molecule is Cc1cccc2nccc(-n3cnc4c(C(N)=NC=N)cc(N5CCOCC5)cc43)c12. The molecule has 2 aromatic carbocycles. The van der Waals surface area contributed by atoms with E-state index in [-0.39, 0.29) is 5.84 Å². The number of aliphatic imine (C=N–C) groups is 1. The van der Waals surface area contributed by atoms with Crippen molar-refractivity contribution in [1.82, 2.24) is 14.5 Å². The van der Waals surface area contributed by atoms with E-state index in [1.54, 1.807) is 0 Å². The predicted molar refractivity (Wildman–Crippen MR) is 124 cm³/mol. The molecule has 31 heavy (non-hydrogen) atoms. The van der Waals surface area contributed by atoms with Gasteiger partial charge in [0.05, 0.1) is 35.5 Å². The van der Waals surface area contributed by atoms with E-state index in [0.29, 0.717) is 13.2 Å². The summed E-state index contributed by atoms with van der Waals surface area (Å²) < 4.78 is 7.60. The number of imidazole rings is 1. The Labute approximate surface area is 179 Å². The van der Waals surface area contributed by atoms with Crippen molar-refractivity contribution >= 4 is 39.8 Å². The number of anilines is 1. The minimum Gasteiger partial charge on any atom is -0.383 e. The maximum absolute atomic E-state index is 7.34. The maximum atomic E-state index is 7.34. The number of amidine groups is 1. The fourth-order valence-corrected chi connectivity index (χ4v) is 4.20. The van der Waals surface area contributed by atoms with E-state index < -0.39 is 0 Å². The third kappa shape index (κ3) is 3.30. The smallest absolute Gasteiger partial charge is 0.134 e. The van der Waals surface area contributed by atoms with Gasteiger partial charge < -0.3 is 15.4 Å². The number of aromatic nitrogens is 3. The first-order valence-electron chi connectivity index (χ1n) is 10.2. The van der Waals surface area contributed by atoms with Gasteiger partial charge in [-0.05, 0) is 36.8 Å². The molecule has 4 aromatic rings. The molecule has 156 valence electrons. The van der Waals surface area contributed by atoms with Crippen molar-refractivity contribution in [1.29, 1.82) is 5.41 Å². The third-order valence-electron chi connectivity index (χ3n) is 5.70. The molecule has 0 unspecified atom stereocenters. The van der Waals surface area contributed by atoms with E-state index in [1.165, 1.54) is 0 Å². The molecule has 1 fully saturated rings. The first-order valence-corrected chi connectivity index (χ1v) is 10.2. The van der Waals surface area contributed by atoms with E-state index in [2.05, 4.69) is 43.5 Å². The van der Waals surface area contributed by atoms with Crippen LogP contribution in [0.4, 0.5) is 5.69 Å². The van der Waals surface area contributed by atoms with Gasteiger partial charge in [-0.2, -0.15) is 0 Å². The molecule has 3 N–H and O–H groups in total. The van der Waals surface area contributed by atoms with Crippen LogP contribution < -0.4 is 10.6 Å². The quantitative estimate of drug-likeness (QED) is 0.395. The second-order valence-corrected chi connectivity index (χ2v) is 7.52. The summed E-state index contributed by atoms with van der Waals surface area (Å²) in [6, 6.07) is 12.3. The molecule has 0 spiro atoms. The fourth-order valence-electron chi connectivity index (χ4n) is 4.20. The van der Waals surface area contributed by atoms with Crippen molar-refractivity contribution in [2.75, 3.05) is 31.2 Å². The number of pyridine rings is 1. The van der Waals surface area contributed by atoms with Crippen LogP contribution in [0.15, 0.2) is 53.9 Å². The lowest BCUT2D eigenvalue weighted by molar-refractivity contribution is 0.122. The first-order chi connectivity index (χ1) is 15.2. The molecule has 0 saturated carbocycles. The number of fused-ring (bicyclic) bond motifs is 2. The minimum atomic E-state index is 0.274. The van der Waals surface area contributed by atoms with Crippen molar-refractivity contribution in [3.8, 4) is 5.69 Å². The number of morpholine rings is 1. The Balaban J connectivity index is 1.79. The zero-order valence-corrected chi connectivity index (χ0v) is 17.2. The number of benzene rings is 2. The molecule has 0 atom stereocenters. The third-order valence-corrected chi connectivity index (χ3v) is 5.70. The van der Waals surface area contributed by atoms with Crippen molar-refractivity contribution in [2.24, 2.45) is 10.7 Å². The van der Waals surface area contributed by atoms with Gasteiger partial charge in [-0.1, -0.05) is 12.1 Å². The molecular formula is C23H23N7O. The molecule has 1 aliphatic heterocycles. The molecule has 1 aliphatic rings. The number of ether oxygens (including phenoxy) is 1. The van der Waals surface area contributed by atoms with Gasteiger partial charge in [-0.25, -0.2) is 9.98 Å². The summed E-state index contributed by atoms with van der Waals surface area (Å²) in [5, 5.41) is 8.43. The largest absolute Gasteiger partial charge is 0.383 e. The van der Waals surface area contributed by atoms with Gasteiger partial charge in [0.25, 0.3) is 0 Å². The molecule has 5 rings (SSSR count). The molecule has 0 bridgehead atoms. The Morgan fingerprint density at radius 1 is 1.19 bits per heavy atom. The molecule has 3 heterocycles. The van der Waals surface area contributed by atoms with Crippen LogP contribution in [-0.4, -0.2) is 53.0 Å². The monoisotopic (exact) mass is 413 g/mol. The van der Waals surface area contributed by atoms with Crippen LogP contribution in [0, 0.1) is 12.3 Å². The van der Waals surface area contributed by atoms with Gasteiger partial charge in [-0.3, -0.25) is 15.0 Å². The highest BCUT2D eigenvalue weighted by Crippen LogP contribution is 2.31. The van der Waals surface area contributed by atoms with Crippen LogP contribution >= 0.6 is 0 Å². The molecule has 0 aliphatic carbocycles. The second-order valence-electron chi connectivity index (χ2n) is 7.52. The van der Waals surface area contributed by atoms with E-state index >= 15 is 0 Å². The normalized spacial score (nSPS) is 15.0. The molecule has 1 saturated heterocycles. The Bertz CT molecular complexity index is 1310. The van der Waals surface area contributed by atoms with Crippen molar-refractivity contribution in [3.05, 3.63) is 60.0 Å². The van der Waals surface area contributed by atoms with Gasteiger partial charge in [0.15, 0.2) is 0 Å². The summed E-state index contributed by atoms with van der Waals surface area (Å²) in [6.45, 7) is 5.07. The average Bonchev–Trinajstić information content (AvgIpc) is 3.23. The highest BCUT2D eigenvalue weighted by Gasteiger charge is 2.19. The van der Waals surface area contributed by atoms with E-state index in [0.717, 1.165) is 63.9 Å². The standard InChI is InChI=1S/C23H23N7O/c1-15-3-2-4-18-21(15)19(5-6-26-18)30-14-28-22-17(23(25)27-13-24)11-16(12-20(22)30)29-7-9-31-10-8-29/h2-6,11-14H,7-10H2,1H3,(H3,24,25,27).